The van der Waals surface area contributed by atoms with E-state index in [9.17, 15) is 9.59 Å². The molecule has 2 rings (SSSR count). The van der Waals surface area contributed by atoms with Crippen LogP contribution in [0.5, 0.6) is 0 Å². The van der Waals surface area contributed by atoms with E-state index in [0.29, 0.717) is 17.9 Å². The first-order chi connectivity index (χ1) is 10.6. The van der Waals surface area contributed by atoms with Crippen molar-refractivity contribution in [2.45, 2.75) is 6.54 Å². The highest BCUT2D eigenvalue weighted by Gasteiger charge is 2.07. The molecular weight excluding hydrogens is 280 g/mol. The van der Waals surface area contributed by atoms with E-state index in [1.165, 1.54) is 11.0 Å². The number of carbonyl (C=O) groups excluding carboxylic acids is 2. The second-order valence-electron chi connectivity index (χ2n) is 4.96. The smallest absolute Gasteiger partial charge is 0.253 e. The van der Waals surface area contributed by atoms with E-state index in [1.807, 2.05) is 12.1 Å². The molecule has 5 heteroatoms. The molecule has 0 bridgehead atoms. The summed E-state index contributed by atoms with van der Waals surface area (Å²) in [5.41, 5.74) is 1.55. The molecule has 1 heterocycles. The van der Waals surface area contributed by atoms with Gasteiger partial charge in [-0.15, -0.1) is 0 Å². The Balaban J connectivity index is 1.86. The molecule has 0 fully saturated rings. The molecule has 2 aromatic rings. The van der Waals surface area contributed by atoms with Gasteiger partial charge in [0.05, 0.1) is 6.26 Å². The molecule has 22 heavy (non-hydrogen) atoms. The lowest BCUT2D eigenvalue weighted by atomic mass is 10.1. The number of furan rings is 1. The van der Waals surface area contributed by atoms with Crippen LogP contribution in [0.25, 0.3) is 6.08 Å². The van der Waals surface area contributed by atoms with Gasteiger partial charge < -0.3 is 14.6 Å². The Hall–Kier alpha value is -2.82. The van der Waals surface area contributed by atoms with Crippen molar-refractivity contribution in [1.29, 1.82) is 0 Å². The topological polar surface area (TPSA) is 62.6 Å². The molecule has 0 aliphatic carbocycles. The average molecular weight is 298 g/mol. The fourth-order valence-corrected chi connectivity index (χ4v) is 1.82. The predicted molar refractivity (Wildman–Crippen MR) is 84.0 cm³/mol. The fourth-order valence-electron chi connectivity index (χ4n) is 1.82. The summed E-state index contributed by atoms with van der Waals surface area (Å²) < 4.78 is 5.10. The van der Waals surface area contributed by atoms with Gasteiger partial charge in [0.2, 0.25) is 5.91 Å². The lowest BCUT2D eigenvalue weighted by Gasteiger charge is -2.10. The van der Waals surface area contributed by atoms with Gasteiger partial charge in [0.25, 0.3) is 5.91 Å². The highest BCUT2D eigenvalue weighted by molar-refractivity contribution is 5.94. The summed E-state index contributed by atoms with van der Waals surface area (Å²) >= 11 is 0. The van der Waals surface area contributed by atoms with Crippen molar-refractivity contribution in [1.82, 2.24) is 10.2 Å². The number of benzene rings is 1. The van der Waals surface area contributed by atoms with E-state index in [4.69, 9.17) is 4.42 Å². The summed E-state index contributed by atoms with van der Waals surface area (Å²) in [6.45, 7) is 0.401. The lowest BCUT2D eigenvalue weighted by Crippen LogP contribution is -2.22. The van der Waals surface area contributed by atoms with Crippen LogP contribution in [0.3, 0.4) is 0 Å². The Kier molecular flexibility index (Phi) is 5.14. The number of amides is 2. The first kappa shape index (κ1) is 15.6. The zero-order chi connectivity index (χ0) is 15.9. The van der Waals surface area contributed by atoms with Gasteiger partial charge in [-0.05, 0) is 35.9 Å². The molecule has 0 spiro atoms. The summed E-state index contributed by atoms with van der Waals surface area (Å²) in [6.07, 6.45) is 4.57. The number of hydrogen-bond donors (Lipinski definition) is 1. The van der Waals surface area contributed by atoms with Crippen LogP contribution >= 0.6 is 0 Å². The summed E-state index contributed by atoms with van der Waals surface area (Å²) in [5.74, 6) is 0.378. The van der Waals surface area contributed by atoms with Crippen LogP contribution in [0.1, 0.15) is 21.7 Å². The second kappa shape index (κ2) is 7.26. The first-order valence-electron chi connectivity index (χ1n) is 6.86. The van der Waals surface area contributed by atoms with Crippen LogP contribution in [-0.4, -0.2) is 30.8 Å². The molecule has 0 radical (unpaired) electrons. The number of hydrogen-bond acceptors (Lipinski definition) is 3. The summed E-state index contributed by atoms with van der Waals surface area (Å²) in [7, 11) is 3.42. The van der Waals surface area contributed by atoms with E-state index in [-0.39, 0.29) is 11.8 Å². The lowest BCUT2D eigenvalue weighted by molar-refractivity contribution is -0.116. The highest BCUT2D eigenvalue weighted by Crippen LogP contribution is 2.06. The normalized spacial score (nSPS) is 10.6. The molecule has 114 valence electrons. The van der Waals surface area contributed by atoms with E-state index in [0.717, 1.165) is 5.56 Å². The third-order valence-corrected chi connectivity index (χ3v) is 3.02. The Morgan fingerprint density at radius 3 is 2.50 bits per heavy atom. The van der Waals surface area contributed by atoms with Crippen LogP contribution in [-0.2, 0) is 11.3 Å². The molecule has 1 aromatic carbocycles. The Labute approximate surface area is 129 Å². The van der Waals surface area contributed by atoms with Crippen LogP contribution in [0.15, 0.2) is 53.2 Å². The molecule has 0 saturated heterocycles. The van der Waals surface area contributed by atoms with Gasteiger partial charge in [-0.2, -0.15) is 0 Å². The quantitative estimate of drug-likeness (QED) is 0.862. The molecular formula is C17H18N2O3. The average Bonchev–Trinajstić information content (AvgIpc) is 3.04. The maximum atomic E-state index is 11.8. The predicted octanol–water partition coefficient (Wildman–Crippen LogP) is 2.31. The number of rotatable bonds is 5. The zero-order valence-corrected chi connectivity index (χ0v) is 12.6. The fraction of sp³-hybridized carbons (Fsp3) is 0.176. The third kappa shape index (κ3) is 4.34. The Morgan fingerprint density at radius 1 is 1.18 bits per heavy atom. The van der Waals surface area contributed by atoms with Gasteiger partial charge in [-0.1, -0.05) is 12.1 Å². The van der Waals surface area contributed by atoms with Crippen LogP contribution < -0.4 is 5.32 Å². The maximum absolute atomic E-state index is 11.8. The third-order valence-electron chi connectivity index (χ3n) is 3.02. The van der Waals surface area contributed by atoms with Gasteiger partial charge in [0.15, 0.2) is 0 Å². The van der Waals surface area contributed by atoms with Crippen LogP contribution in [0.4, 0.5) is 0 Å². The van der Waals surface area contributed by atoms with Crippen molar-refractivity contribution in [2.75, 3.05) is 14.1 Å². The number of nitrogens with one attached hydrogen (secondary N) is 1. The molecule has 1 N–H and O–H groups in total. The number of nitrogens with zero attached hydrogens (tertiary/aromatic N) is 1. The minimum atomic E-state index is -0.204. The maximum Gasteiger partial charge on any atom is 0.253 e. The van der Waals surface area contributed by atoms with Gasteiger partial charge in [0.1, 0.15) is 5.76 Å². The first-order valence-corrected chi connectivity index (χ1v) is 6.86. The van der Waals surface area contributed by atoms with Crippen molar-refractivity contribution >= 4 is 17.9 Å². The van der Waals surface area contributed by atoms with Crippen LogP contribution in [0.2, 0.25) is 0 Å². The molecule has 0 saturated carbocycles. The summed E-state index contributed by atoms with van der Waals surface area (Å²) in [6, 6.07) is 10.7. The Morgan fingerprint density at radius 2 is 1.91 bits per heavy atom. The molecule has 1 aromatic heterocycles. The van der Waals surface area contributed by atoms with Crippen molar-refractivity contribution in [3.63, 3.8) is 0 Å². The number of carbonyl (C=O) groups is 2. The van der Waals surface area contributed by atoms with E-state index >= 15 is 0 Å². The molecule has 0 aliphatic heterocycles. The minimum absolute atomic E-state index is 0.0445. The Bertz CT molecular complexity index is 656. The van der Waals surface area contributed by atoms with Gasteiger partial charge >= 0.3 is 0 Å². The van der Waals surface area contributed by atoms with E-state index in [2.05, 4.69) is 5.32 Å². The van der Waals surface area contributed by atoms with Gasteiger partial charge in [-0.25, -0.2) is 0 Å². The molecule has 5 nitrogen and oxygen atoms in total. The SMILES string of the molecule is CN(C)C(=O)c1ccc(CNC(=O)/C=C/c2ccco2)cc1. The van der Waals surface area contributed by atoms with Gasteiger partial charge in [0, 0.05) is 32.3 Å². The second-order valence-corrected chi connectivity index (χ2v) is 4.96. The summed E-state index contributed by atoms with van der Waals surface area (Å²) in [4.78, 5) is 25.0. The van der Waals surface area contributed by atoms with Crippen molar-refractivity contribution in [2.24, 2.45) is 0 Å². The summed E-state index contributed by atoms with van der Waals surface area (Å²) in [5, 5.41) is 2.77. The molecule has 2 amide bonds. The monoisotopic (exact) mass is 298 g/mol. The van der Waals surface area contributed by atoms with Gasteiger partial charge in [-0.3, -0.25) is 9.59 Å². The molecule has 0 aliphatic rings. The largest absolute Gasteiger partial charge is 0.465 e. The van der Waals surface area contributed by atoms with E-state index in [1.54, 1.807) is 50.7 Å². The van der Waals surface area contributed by atoms with Crippen molar-refractivity contribution < 1.29 is 14.0 Å². The molecule has 0 unspecified atom stereocenters. The standard InChI is InChI=1S/C17H18N2O3/c1-19(2)17(21)14-7-5-13(6-8-14)12-18-16(20)10-9-15-4-3-11-22-15/h3-11H,12H2,1-2H3,(H,18,20)/b10-9+. The highest BCUT2D eigenvalue weighted by atomic mass is 16.3. The minimum Gasteiger partial charge on any atom is -0.465 e. The van der Waals surface area contributed by atoms with Crippen molar-refractivity contribution in [3.05, 3.63) is 65.6 Å². The van der Waals surface area contributed by atoms with E-state index < -0.39 is 0 Å². The zero-order valence-electron chi connectivity index (χ0n) is 12.6. The van der Waals surface area contributed by atoms with Crippen molar-refractivity contribution in [3.8, 4) is 0 Å². The molecule has 0 atom stereocenters. The van der Waals surface area contributed by atoms with Crippen LogP contribution in [0, 0.1) is 0 Å².